The average Bonchev–Trinajstić information content (AvgIpc) is 1.74. The van der Waals surface area contributed by atoms with E-state index >= 15 is 0 Å². The minimum absolute atomic E-state index is 0.00448. The van der Waals surface area contributed by atoms with Crippen molar-refractivity contribution in [2.75, 3.05) is 26.2 Å². The van der Waals surface area contributed by atoms with Crippen molar-refractivity contribution >= 4 is 93.9 Å². The summed E-state index contributed by atoms with van der Waals surface area (Å²) in [6, 6.07) is 3.74. The van der Waals surface area contributed by atoms with Gasteiger partial charge in [0.05, 0.1) is 6.04 Å². The number of fused-ring (bicyclic) bond motifs is 1. The fourth-order valence-corrected chi connectivity index (χ4v) is 9.85. The lowest BCUT2D eigenvalue weighted by atomic mass is 9.95. The summed E-state index contributed by atoms with van der Waals surface area (Å²) >= 11 is 0. The van der Waals surface area contributed by atoms with Gasteiger partial charge in [0.15, 0.2) is 23.8 Å². The maximum absolute atomic E-state index is 14.8. The summed E-state index contributed by atoms with van der Waals surface area (Å²) in [5.41, 5.74) is 58.3. The van der Waals surface area contributed by atoms with Crippen LogP contribution in [0.4, 0.5) is 0 Å². The number of nitrogens with one attached hydrogen (secondary N) is 9. The van der Waals surface area contributed by atoms with Crippen LogP contribution in [0, 0.1) is 11.8 Å². The Hall–Kier alpha value is -10.3. The van der Waals surface area contributed by atoms with Crippen molar-refractivity contribution in [2.45, 2.75) is 172 Å². The van der Waals surface area contributed by atoms with Gasteiger partial charge < -0.3 is 110 Å². The van der Waals surface area contributed by atoms with Crippen LogP contribution >= 0.6 is 0 Å². The van der Waals surface area contributed by atoms with Crippen molar-refractivity contribution < 1.29 is 53.1 Å². The first kappa shape index (κ1) is 79.0. The summed E-state index contributed by atoms with van der Waals surface area (Å²) < 4.78 is 0. The van der Waals surface area contributed by atoms with Crippen LogP contribution in [0.15, 0.2) is 80.8 Å². The second-order valence-corrected chi connectivity index (χ2v) is 23.1. The fraction of sp³-hybridized carbons (Fsp3) is 0.541. The number of carbonyl (C=O) groups is 10. The summed E-state index contributed by atoms with van der Waals surface area (Å²) in [4.78, 5) is 159. The molecule has 95 heavy (non-hydrogen) atoms. The standard InChI is InChI=1S/C61H99N23O11/c1-5-33(3)47(55(92)79-40(20-12-26-72-58(64)65)50(87)81-44(57(94)95)23-15-29-75-61(70)71)84-53(90)42(22-14-28-74-60(68)69)80-56(93)48(34(4)6-2)83-52(89)41(21-13-27-73-59(66)67)77-51(88)43(24-25-46(63)85)78-54(91)45(31-36-32-76-39-19-11-10-18-37(36)39)82-49(86)38(62)30-35-16-8-7-9-17-35/h7-11,16-19,32-34,38,40-45,47-48,76H,5-6,12-15,20-31,62H2,1-4H3,(H2,63,85)(H,77,88)(H,78,91)(H,79,92)(H,80,93)(H,81,87)(H,82,86)(H,83,89)(H,84,90)(H,94,95)(H4,64,65,72)(H4,66,67,73)(H4,68,69,74)(H4,70,71,75)/t33-,34-,38-,40-,41-,42-,43-,44-,45-,47-,48-/m0/s1. The minimum atomic E-state index is -1.56. The van der Waals surface area contributed by atoms with Crippen LogP contribution in [-0.2, 0) is 60.8 Å². The highest BCUT2D eigenvalue weighted by Crippen LogP contribution is 2.20. The van der Waals surface area contributed by atoms with Gasteiger partial charge in [0, 0.05) is 56.1 Å². The second-order valence-electron chi connectivity index (χ2n) is 23.1. The molecule has 0 unspecified atom stereocenters. The molecule has 0 radical (unpaired) electrons. The highest BCUT2D eigenvalue weighted by atomic mass is 16.4. The fourth-order valence-electron chi connectivity index (χ4n) is 9.85. The molecule has 0 aliphatic heterocycles. The maximum Gasteiger partial charge on any atom is 0.326 e. The normalized spacial score (nSPS) is 14.5. The van der Waals surface area contributed by atoms with Crippen molar-refractivity contribution in [3.63, 3.8) is 0 Å². The number of para-hydroxylation sites is 1. The van der Waals surface area contributed by atoms with Crippen molar-refractivity contribution in [1.82, 2.24) is 47.5 Å². The zero-order valence-electron chi connectivity index (χ0n) is 54.4. The van der Waals surface area contributed by atoms with E-state index in [1.165, 1.54) is 0 Å². The molecule has 0 saturated carbocycles. The molecule has 0 aliphatic rings. The number of carboxylic acid groups (broad SMARTS) is 1. The second kappa shape index (κ2) is 41.3. The van der Waals surface area contributed by atoms with Gasteiger partial charge in [-0.25, -0.2) is 4.79 Å². The predicted octanol–water partition coefficient (Wildman–Crippen LogP) is -4.18. The molecule has 3 aromatic rings. The molecule has 2 aromatic carbocycles. The number of aliphatic imine (C=N–C) groups is 4. The largest absolute Gasteiger partial charge is 0.480 e. The van der Waals surface area contributed by atoms with Crippen LogP contribution in [0.2, 0.25) is 0 Å². The Morgan fingerprint density at radius 1 is 0.442 bits per heavy atom. The van der Waals surface area contributed by atoms with Gasteiger partial charge in [0.2, 0.25) is 53.2 Å². The third kappa shape index (κ3) is 29.1. The molecule has 1 heterocycles. The number of hydrogen-bond acceptors (Lipinski definition) is 15. The predicted molar refractivity (Wildman–Crippen MR) is 360 cm³/mol. The van der Waals surface area contributed by atoms with Crippen molar-refractivity contribution in [3.05, 3.63) is 71.9 Å². The van der Waals surface area contributed by atoms with E-state index in [9.17, 15) is 53.1 Å². The van der Waals surface area contributed by atoms with Crippen LogP contribution < -0.4 is 99.9 Å². The first-order chi connectivity index (χ1) is 45.0. The Morgan fingerprint density at radius 2 is 0.800 bits per heavy atom. The van der Waals surface area contributed by atoms with E-state index in [1.54, 1.807) is 64.2 Å². The lowest BCUT2D eigenvalue weighted by Gasteiger charge is -2.31. The molecule has 524 valence electrons. The van der Waals surface area contributed by atoms with E-state index in [0.717, 1.165) is 16.5 Å². The molecule has 1 aromatic heterocycles. The van der Waals surface area contributed by atoms with Crippen molar-refractivity contribution in [2.24, 2.45) is 89.1 Å². The first-order valence-electron chi connectivity index (χ1n) is 31.5. The van der Waals surface area contributed by atoms with Crippen molar-refractivity contribution in [3.8, 4) is 0 Å². The number of amides is 9. The first-order valence-corrected chi connectivity index (χ1v) is 31.5. The lowest BCUT2D eigenvalue weighted by molar-refractivity contribution is -0.142. The Bertz CT molecular complexity index is 3140. The molecule has 0 spiro atoms. The summed E-state index contributed by atoms with van der Waals surface area (Å²) in [6.45, 7) is 6.87. The van der Waals surface area contributed by atoms with Gasteiger partial charge in [-0.1, -0.05) is 89.1 Å². The summed E-state index contributed by atoms with van der Waals surface area (Å²) in [7, 11) is 0. The van der Waals surface area contributed by atoms with Crippen LogP contribution in [0.25, 0.3) is 10.9 Å². The Morgan fingerprint density at radius 3 is 1.21 bits per heavy atom. The molecule has 9 amide bonds. The SMILES string of the molecule is CC[C@H](C)[C@H](NC(=O)[C@H](CCCN=C(N)N)NC(=O)[C@@H](NC(=O)[C@H](CCCN=C(N)N)NC(=O)[C@H](CCC(N)=O)NC(=O)[C@H](Cc1c[nH]c2ccccc12)NC(=O)[C@@H](N)Cc1ccccc1)[C@@H](C)CC)C(=O)N[C@@H](CCCN=C(N)N)C(=O)N[C@@H](CCCN=C(N)N)C(=O)O. The molecule has 34 heteroatoms. The van der Waals surface area contributed by atoms with E-state index in [0.29, 0.717) is 12.0 Å². The van der Waals surface area contributed by atoms with E-state index < -0.39 is 132 Å². The zero-order chi connectivity index (χ0) is 70.7. The number of H-pyrrole nitrogens is 1. The smallest absolute Gasteiger partial charge is 0.326 e. The highest BCUT2D eigenvalue weighted by molar-refractivity contribution is 5.99. The molecular weight excluding hydrogens is 1230 g/mol. The van der Waals surface area contributed by atoms with Gasteiger partial charge in [0.25, 0.3) is 0 Å². The summed E-state index contributed by atoms with van der Waals surface area (Å²) in [5, 5.41) is 32.1. The molecule has 0 bridgehead atoms. The van der Waals surface area contributed by atoms with Gasteiger partial charge in [-0.2, -0.15) is 0 Å². The number of aromatic nitrogens is 1. The topological polar surface area (TPSA) is 613 Å². The zero-order valence-corrected chi connectivity index (χ0v) is 54.4. The molecule has 0 saturated heterocycles. The summed E-state index contributed by atoms with van der Waals surface area (Å²) in [5.74, 6) is -11.3. The van der Waals surface area contributed by atoms with Gasteiger partial charge in [-0.05, 0) is 93.2 Å². The van der Waals surface area contributed by atoms with Crippen LogP contribution in [-0.4, -0.2) is 174 Å². The van der Waals surface area contributed by atoms with Gasteiger partial charge >= 0.3 is 5.97 Å². The van der Waals surface area contributed by atoms with Gasteiger partial charge in [-0.3, -0.25) is 63.1 Å². The lowest BCUT2D eigenvalue weighted by Crippen LogP contribution is -2.62. The molecule has 11 atom stereocenters. The van der Waals surface area contributed by atoms with Crippen LogP contribution in [0.1, 0.15) is 116 Å². The number of aromatic amines is 1. The number of nitrogens with two attached hydrogens (primary N) is 10. The monoisotopic (exact) mass is 1330 g/mol. The highest BCUT2D eigenvalue weighted by Gasteiger charge is 2.37. The molecule has 34 nitrogen and oxygen atoms in total. The number of rotatable bonds is 44. The number of carboxylic acids is 1. The van der Waals surface area contributed by atoms with E-state index in [-0.39, 0.29) is 127 Å². The molecule has 0 fully saturated rings. The number of benzene rings is 2. The van der Waals surface area contributed by atoms with Gasteiger partial charge in [-0.15, -0.1) is 0 Å². The van der Waals surface area contributed by atoms with E-state index in [2.05, 4.69) is 67.5 Å². The molecule has 0 aliphatic carbocycles. The van der Waals surface area contributed by atoms with Gasteiger partial charge in [0.1, 0.15) is 48.3 Å². The van der Waals surface area contributed by atoms with E-state index in [4.69, 9.17) is 57.3 Å². The Kier molecular flexibility index (Phi) is 34.4. The van der Waals surface area contributed by atoms with Crippen LogP contribution in [0.5, 0.6) is 0 Å². The quantitative estimate of drug-likeness (QED) is 0.0145. The van der Waals surface area contributed by atoms with E-state index in [1.807, 2.05) is 24.3 Å². The number of carbonyl (C=O) groups excluding carboxylic acids is 9. The Balaban J connectivity index is 2.01. The Labute approximate surface area is 551 Å². The van der Waals surface area contributed by atoms with Crippen LogP contribution in [0.3, 0.4) is 0 Å². The molecule has 30 N–H and O–H groups in total. The number of hydrogen-bond donors (Lipinski definition) is 20. The number of guanidine groups is 4. The summed E-state index contributed by atoms with van der Waals surface area (Å²) in [6.07, 6.45) is 1.55. The number of nitrogens with zero attached hydrogens (tertiary/aromatic N) is 4. The average molecular weight is 1330 g/mol. The maximum atomic E-state index is 14.8. The van der Waals surface area contributed by atoms with Crippen molar-refractivity contribution in [1.29, 1.82) is 0 Å². The minimum Gasteiger partial charge on any atom is -0.480 e. The molecule has 3 rings (SSSR count). The third-order valence-corrected chi connectivity index (χ3v) is 15.6. The number of aliphatic carboxylic acids is 1. The third-order valence-electron chi connectivity index (χ3n) is 15.6. The number of primary amides is 1. The molecular formula is C61H99N23O11.